The molecule has 31 heavy (non-hydrogen) atoms. The molecular weight excluding hydrogens is 422 g/mol. The lowest BCUT2D eigenvalue weighted by atomic mass is 10.2. The van der Waals surface area contributed by atoms with Gasteiger partial charge in [0.1, 0.15) is 16.3 Å². The maximum atomic E-state index is 13.3. The van der Waals surface area contributed by atoms with Crippen molar-refractivity contribution in [3.05, 3.63) is 71.1 Å². The molecule has 1 amide bonds. The van der Waals surface area contributed by atoms with Gasteiger partial charge in [-0.25, -0.2) is 9.97 Å². The SMILES string of the molecule is C[Si](C)(C)c1ccc2cc(C(=O)Nc3cnc4[nH]ccc4c3)n(Cc3nccs3)c2c1. The number of hydrogen-bond acceptors (Lipinski definition) is 4. The molecule has 6 nitrogen and oxygen atoms in total. The van der Waals surface area contributed by atoms with Crippen molar-refractivity contribution >= 4 is 58.1 Å². The molecule has 0 radical (unpaired) electrons. The number of thiazole rings is 1. The monoisotopic (exact) mass is 445 g/mol. The zero-order chi connectivity index (χ0) is 21.6. The van der Waals surface area contributed by atoms with Gasteiger partial charge in [0.25, 0.3) is 5.91 Å². The number of amides is 1. The summed E-state index contributed by atoms with van der Waals surface area (Å²) < 4.78 is 2.08. The van der Waals surface area contributed by atoms with Crippen molar-refractivity contribution < 1.29 is 4.79 Å². The van der Waals surface area contributed by atoms with Gasteiger partial charge in [0.05, 0.1) is 26.5 Å². The number of anilines is 1. The van der Waals surface area contributed by atoms with Crippen LogP contribution in [-0.2, 0) is 6.54 Å². The highest BCUT2D eigenvalue weighted by atomic mass is 32.1. The molecule has 1 aromatic carbocycles. The van der Waals surface area contributed by atoms with Crippen LogP contribution in [0, 0.1) is 0 Å². The van der Waals surface area contributed by atoms with Crippen molar-refractivity contribution in [2.45, 2.75) is 26.2 Å². The smallest absolute Gasteiger partial charge is 0.272 e. The minimum atomic E-state index is -1.49. The van der Waals surface area contributed by atoms with E-state index in [0.29, 0.717) is 17.9 Å². The minimum Gasteiger partial charge on any atom is -0.346 e. The lowest BCUT2D eigenvalue weighted by molar-refractivity contribution is 0.101. The highest BCUT2D eigenvalue weighted by Crippen LogP contribution is 2.24. The molecule has 2 N–H and O–H groups in total. The van der Waals surface area contributed by atoms with E-state index < -0.39 is 8.07 Å². The van der Waals surface area contributed by atoms with E-state index in [4.69, 9.17) is 0 Å². The summed E-state index contributed by atoms with van der Waals surface area (Å²) in [4.78, 5) is 25.2. The predicted octanol–water partition coefficient (Wildman–Crippen LogP) is 4.82. The lowest BCUT2D eigenvalue weighted by Gasteiger charge is -2.17. The first-order valence-electron chi connectivity index (χ1n) is 10.1. The van der Waals surface area contributed by atoms with Crippen LogP contribution < -0.4 is 10.5 Å². The average molecular weight is 446 g/mol. The Balaban J connectivity index is 1.57. The molecule has 0 unspecified atom stereocenters. The van der Waals surface area contributed by atoms with E-state index in [-0.39, 0.29) is 5.91 Å². The zero-order valence-electron chi connectivity index (χ0n) is 17.6. The molecule has 0 atom stereocenters. The van der Waals surface area contributed by atoms with Crippen LogP contribution >= 0.6 is 11.3 Å². The van der Waals surface area contributed by atoms with Crippen LogP contribution in [-0.4, -0.2) is 33.5 Å². The Hall–Kier alpha value is -3.23. The second-order valence-electron chi connectivity index (χ2n) is 8.66. The molecule has 8 heteroatoms. The minimum absolute atomic E-state index is 0.154. The Kier molecular flexibility index (Phi) is 4.75. The fourth-order valence-corrected chi connectivity index (χ4v) is 5.51. The number of hydrogen-bond donors (Lipinski definition) is 2. The van der Waals surface area contributed by atoms with Gasteiger partial charge >= 0.3 is 0 Å². The summed E-state index contributed by atoms with van der Waals surface area (Å²) in [5, 5.41) is 9.34. The summed E-state index contributed by atoms with van der Waals surface area (Å²) in [6, 6.07) is 12.4. The molecule has 0 aliphatic carbocycles. The molecule has 5 aromatic rings. The van der Waals surface area contributed by atoms with Gasteiger partial charge in [-0.15, -0.1) is 11.3 Å². The van der Waals surface area contributed by atoms with Gasteiger partial charge in [-0.2, -0.15) is 0 Å². The molecule has 4 aromatic heterocycles. The van der Waals surface area contributed by atoms with Crippen molar-refractivity contribution in [1.29, 1.82) is 0 Å². The van der Waals surface area contributed by atoms with Crippen LogP contribution in [0.25, 0.3) is 21.9 Å². The fourth-order valence-electron chi connectivity index (χ4n) is 3.75. The van der Waals surface area contributed by atoms with E-state index >= 15 is 0 Å². The van der Waals surface area contributed by atoms with E-state index in [2.05, 4.69) is 62.7 Å². The van der Waals surface area contributed by atoms with Crippen LogP contribution in [0.5, 0.6) is 0 Å². The highest BCUT2D eigenvalue weighted by molar-refractivity contribution is 7.09. The fraction of sp³-hybridized carbons (Fsp3) is 0.174. The Bertz CT molecular complexity index is 1390. The third kappa shape index (κ3) is 3.80. The summed E-state index contributed by atoms with van der Waals surface area (Å²) in [6.45, 7) is 7.56. The first-order valence-corrected chi connectivity index (χ1v) is 14.5. The van der Waals surface area contributed by atoms with Crippen LogP contribution in [0.4, 0.5) is 5.69 Å². The van der Waals surface area contributed by atoms with Gasteiger partial charge in [0, 0.05) is 34.1 Å². The van der Waals surface area contributed by atoms with Crippen LogP contribution in [0.2, 0.25) is 19.6 Å². The number of rotatable bonds is 5. The maximum Gasteiger partial charge on any atom is 0.272 e. The summed E-state index contributed by atoms with van der Waals surface area (Å²) in [5.74, 6) is -0.154. The van der Waals surface area contributed by atoms with Gasteiger partial charge in [0.2, 0.25) is 0 Å². The van der Waals surface area contributed by atoms with E-state index in [0.717, 1.165) is 26.9 Å². The van der Waals surface area contributed by atoms with Crippen molar-refractivity contribution in [2.75, 3.05) is 5.32 Å². The predicted molar refractivity (Wildman–Crippen MR) is 130 cm³/mol. The number of aromatic amines is 1. The summed E-state index contributed by atoms with van der Waals surface area (Å²) in [5.41, 5.74) is 3.16. The third-order valence-corrected chi connectivity index (χ3v) is 8.25. The molecule has 0 aliphatic heterocycles. The molecule has 5 rings (SSSR count). The molecular formula is C23H23N5OSSi. The van der Waals surface area contributed by atoms with E-state index in [1.54, 1.807) is 23.7 Å². The Morgan fingerprint density at radius 2 is 2.00 bits per heavy atom. The normalized spacial score (nSPS) is 12.0. The average Bonchev–Trinajstić information content (AvgIpc) is 3.47. The first kappa shape index (κ1) is 19.7. The number of nitrogens with one attached hydrogen (secondary N) is 2. The van der Waals surface area contributed by atoms with E-state index in [9.17, 15) is 4.79 Å². The zero-order valence-corrected chi connectivity index (χ0v) is 19.5. The number of aromatic nitrogens is 4. The summed E-state index contributed by atoms with van der Waals surface area (Å²) >= 11 is 1.60. The molecule has 0 saturated carbocycles. The third-order valence-electron chi connectivity index (χ3n) is 5.44. The maximum absolute atomic E-state index is 13.3. The number of benzene rings is 1. The van der Waals surface area contributed by atoms with Gasteiger partial charge < -0.3 is 14.9 Å². The Morgan fingerprint density at radius 3 is 2.77 bits per heavy atom. The molecule has 0 fully saturated rings. The second kappa shape index (κ2) is 7.47. The number of nitrogens with zero attached hydrogens (tertiary/aromatic N) is 3. The summed E-state index contributed by atoms with van der Waals surface area (Å²) in [7, 11) is -1.49. The van der Waals surface area contributed by atoms with Crippen molar-refractivity contribution in [3.8, 4) is 0 Å². The summed E-state index contributed by atoms with van der Waals surface area (Å²) in [6.07, 6.45) is 5.32. The Labute approximate surface area is 185 Å². The number of pyridine rings is 1. The second-order valence-corrected chi connectivity index (χ2v) is 14.7. The van der Waals surface area contributed by atoms with Crippen molar-refractivity contribution in [3.63, 3.8) is 0 Å². The highest BCUT2D eigenvalue weighted by Gasteiger charge is 2.21. The topological polar surface area (TPSA) is 75.6 Å². The standard InChI is InChI=1S/C23H23N5OSSi/c1-31(2,3)18-5-4-15-11-20(28(19(15)12-18)14-21-24-8-9-30-21)23(29)27-17-10-16-6-7-25-22(16)26-13-17/h4-13H,14H2,1-3H3,(H,25,26)(H,27,29). The lowest BCUT2D eigenvalue weighted by Crippen LogP contribution is -2.37. The molecule has 156 valence electrons. The molecule has 0 saturated heterocycles. The number of fused-ring (bicyclic) bond motifs is 2. The van der Waals surface area contributed by atoms with E-state index in [1.165, 1.54) is 5.19 Å². The quantitative estimate of drug-likeness (QED) is 0.381. The Morgan fingerprint density at radius 1 is 1.13 bits per heavy atom. The van der Waals surface area contributed by atoms with Gasteiger partial charge in [0.15, 0.2) is 0 Å². The molecule has 0 bridgehead atoms. The van der Waals surface area contributed by atoms with Gasteiger partial charge in [-0.1, -0.05) is 37.0 Å². The van der Waals surface area contributed by atoms with Crippen molar-refractivity contribution in [1.82, 2.24) is 19.5 Å². The largest absolute Gasteiger partial charge is 0.346 e. The number of H-pyrrole nitrogens is 1. The van der Waals surface area contributed by atoms with E-state index in [1.807, 2.05) is 29.8 Å². The molecule has 0 aliphatic rings. The first-order chi connectivity index (χ1) is 14.9. The number of carbonyl (C=O) groups excluding carboxylic acids is 1. The number of carbonyl (C=O) groups is 1. The molecule has 4 heterocycles. The molecule has 0 spiro atoms. The van der Waals surface area contributed by atoms with Crippen LogP contribution in [0.15, 0.2) is 60.4 Å². The van der Waals surface area contributed by atoms with Gasteiger partial charge in [-0.3, -0.25) is 4.79 Å². The van der Waals surface area contributed by atoms with Crippen LogP contribution in [0.1, 0.15) is 15.5 Å². The van der Waals surface area contributed by atoms with Crippen LogP contribution in [0.3, 0.4) is 0 Å². The van der Waals surface area contributed by atoms with Crippen molar-refractivity contribution in [2.24, 2.45) is 0 Å². The van der Waals surface area contributed by atoms with Gasteiger partial charge in [-0.05, 0) is 24.3 Å².